The second kappa shape index (κ2) is 6.89. The van der Waals surface area contributed by atoms with Crippen molar-refractivity contribution in [1.82, 2.24) is 15.5 Å². The van der Waals surface area contributed by atoms with Crippen molar-refractivity contribution in [3.8, 4) is 11.3 Å². The number of amides is 1. The number of hydrogen-bond donors (Lipinski definition) is 1. The summed E-state index contributed by atoms with van der Waals surface area (Å²) in [5.74, 6) is 1.25. The lowest BCUT2D eigenvalue weighted by Gasteiger charge is -2.04. The first-order chi connectivity index (χ1) is 11.3. The molecule has 0 bridgehead atoms. The lowest BCUT2D eigenvalue weighted by atomic mass is 10.1. The second-order valence-electron chi connectivity index (χ2n) is 4.78. The highest BCUT2D eigenvalue weighted by molar-refractivity contribution is 5.95. The fourth-order valence-electron chi connectivity index (χ4n) is 2.06. The van der Waals surface area contributed by atoms with Gasteiger partial charge in [0.05, 0.1) is 12.8 Å². The minimum Gasteiger partial charge on any atom is -0.464 e. The van der Waals surface area contributed by atoms with Crippen LogP contribution < -0.4 is 5.32 Å². The molecule has 3 aromatic rings. The van der Waals surface area contributed by atoms with E-state index in [1.165, 1.54) is 0 Å². The van der Waals surface area contributed by atoms with E-state index in [0.717, 1.165) is 5.56 Å². The van der Waals surface area contributed by atoms with Gasteiger partial charge in [-0.3, -0.25) is 4.79 Å². The Balaban J connectivity index is 1.65. The van der Waals surface area contributed by atoms with Gasteiger partial charge in [0.25, 0.3) is 5.91 Å². The summed E-state index contributed by atoms with van der Waals surface area (Å²) in [6, 6.07) is 10.8. The maximum Gasteiger partial charge on any atom is 0.251 e. The van der Waals surface area contributed by atoms with Crippen molar-refractivity contribution >= 4 is 5.91 Å². The van der Waals surface area contributed by atoms with Gasteiger partial charge in [-0.1, -0.05) is 17.3 Å². The average Bonchev–Trinajstić information content (AvgIpc) is 3.25. The van der Waals surface area contributed by atoms with Crippen LogP contribution in [0.25, 0.3) is 11.3 Å². The zero-order chi connectivity index (χ0) is 16.1. The first kappa shape index (κ1) is 15.0. The fraction of sp³-hybridized carbons (Fsp3) is 0.188. The van der Waals surface area contributed by atoms with Crippen molar-refractivity contribution in [3.63, 3.8) is 0 Å². The van der Waals surface area contributed by atoms with E-state index in [1.807, 2.05) is 12.1 Å². The van der Waals surface area contributed by atoms with Crippen LogP contribution in [0.1, 0.15) is 22.1 Å². The Morgan fingerprint density at radius 3 is 3.00 bits per heavy atom. The highest BCUT2D eigenvalue weighted by Crippen LogP contribution is 2.20. The van der Waals surface area contributed by atoms with Crippen LogP contribution in [0.4, 0.5) is 0 Å². The molecule has 7 nitrogen and oxygen atoms in total. The number of nitrogens with zero attached hydrogens (tertiary/aromatic N) is 2. The van der Waals surface area contributed by atoms with Gasteiger partial charge in [0.1, 0.15) is 12.4 Å². The molecule has 0 fully saturated rings. The molecule has 118 valence electrons. The standard InChI is InChI=1S/C16H15N3O4/c1-21-10-14-18-15(23-19-14)9-17-16(20)12-5-2-4-11(8-12)13-6-3-7-22-13/h2-8H,9-10H2,1H3,(H,17,20). The summed E-state index contributed by atoms with van der Waals surface area (Å²) in [4.78, 5) is 16.3. The quantitative estimate of drug-likeness (QED) is 0.751. The Morgan fingerprint density at radius 1 is 1.30 bits per heavy atom. The minimum atomic E-state index is -0.232. The average molecular weight is 313 g/mol. The van der Waals surface area contributed by atoms with Gasteiger partial charge in [-0.05, 0) is 24.3 Å². The Labute approximate surface area is 132 Å². The summed E-state index contributed by atoms with van der Waals surface area (Å²) in [6.07, 6.45) is 1.59. The molecule has 0 atom stereocenters. The first-order valence-corrected chi connectivity index (χ1v) is 6.99. The van der Waals surface area contributed by atoms with Gasteiger partial charge in [-0.2, -0.15) is 4.98 Å². The first-order valence-electron chi connectivity index (χ1n) is 6.99. The highest BCUT2D eigenvalue weighted by Gasteiger charge is 2.11. The summed E-state index contributed by atoms with van der Waals surface area (Å²) < 4.78 is 15.3. The second-order valence-corrected chi connectivity index (χ2v) is 4.78. The van der Waals surface area contributed by atoms with Crippen molar-refractivity contribution in [1.29, 1.82) is 0 Å². The minimum absolute atomic E-state index is 0.153. The Morgan fingerprint density at radius 2 is 2.22 bits per heavy atom. The van der Waals surface area contributed by atoms with Crippen LogP contribution in [-0.4, -0.2) is 23.2 Å². The van der Waals surface area contributed by atoms with Crippen LogP contribution in [0.5, 0.6) is 0 Å². The lowest BCUT2D eigenvalue weighted by Crippen LogP contribution is -2.23. The highest BCUT2D eigenvalue weighted by atomic mass is 16.5. The molecule has 2 heterocycles. The maximum atomic E-state index is 12.2. The third-order valence-corrected chi connectivity index (χ3v) is 3.11. The van der Waals surface area contributed by atoms with Gasteiger partial charge >= 0.3 is 0 Å². The maximum absolute atomic E-state index is 12.2. The van der Waals surface area contributed by atoms with Gasteiger partial charge in [-0.15, -0.1) is 0 Å². The summed E-state index contributed by atoms with van der Waals surface area (Å²) in [5, 5.41) is 6.47. The Bertz CT molecular complexity index is 780. The number of aromatic nitrogens is 2. The molecule has 23 heavy (non-hydrogen) atoms. The number of carbonyl (C=O) groups excluding carboxylic acids is 1. The van der Waals surface area contributed by atoms with Gasteiger partial charge in [0, 0.05) is 18.2 Å². The van der Waals surface area contributed by atoms with Crippen molar-refractivity contribution < 1.29 is 18.5 Å². The molecular weight excluding hydrogens is 298 g/mol. The molecule has 7 heteroatoms. The smallest absolute Gasteiger partial charge is 0.251 e. The molecular formula is C16H15N3O4. The van der Waals surface area contributed by atoms with Crippen molar-refractivity contribution in [2.24, 2.45) is 0 Å². The lowest BCUT2D eigenvalue weighted by molar-refractivity contribution is 0.0946. The number of methoxy groups -OCH3 is 1. The van der Waals surface area contributed by atoms with E-state index in [0.29, 0.717) is 23.0 Å². The van der Waals surface area contributed by atoms with Gasteiger partial charge < -0.3 is 19.0 Å². The normalized spacial score (nSPS) is 10.7. The summed E-state index contributed by atoms with van der Waals surface area (Å²) in [5.41, 5.74) is 1.36. The number of hydrogen-bond acceptors (Lipinski definition) is 6. The molecule has 3 rings (SSSR count). The Kier molecular flexibility index (Phi) is 4.49. The van der Waals surface area contributed by atoms with Crippen molar-refractivity contribution in [2.45, 2.75) is 13.2 Å². The van der Waals surface area contributed by atoms with E-state index in [1.54, 1.807) is 37.6 Å². The van der Waals surface area contributed by atoms with E-state index in [2.05, 4.69) is 15.5 Å². The third kappa shape index (κ3) is 3.64. The zero-order valence-electron chi connectivity index (χ0n) is 12.5. The van der Waals surface area contributed by atoms with Crippen molar-refractivity contribution in [3.05, 3.63) is 59.9 Å². The van der Waals surface area contributed by atoms with Crippen molar-refractivity contribution in [2.75, 3.05) is 7.11 Å². The molecule has 0 saturated heterocycles. The molecule has 0 saturated carbocycles. The van der Waals surface area contributed by atoms with Crippen LogP contribution in [0, 0.1) is 0 Å². The molecule has 2 aromatic heterocycles. The monoisotopic (exact) mass is 313 g/mol. The number of carbonyl (C=O) groups is 1. The number of rotatable bonds is 6. The molecule has 1 N–H and O–H groups in total. The molecule has 1 amide bonds. The van der Waals surface area contributed by atoms with Gasteiger partial charge in [-0.25, -0.2) is 0 Å². The number of ether oxygens (including phenoxy) is 1. The van der Waals surface area contributed by atoms with E-state index >= 15 is 0 Å². The summed E-state index contributed by atoms with van der Waals surface area (Å²) in [6.45, 7) is 0.420. The van der Waals surface area contributed by atoms with E-state index in [9.17, 15) is 4.79 Å². The van der Waals surface area contributed by atoms with Crippen LogP contribution in [0.3, 0.4) is 0 Å². The summed E-state index contributed by atoms with van der Waals surface area (Å²) >= 11 is 0. The van der Waals surface area contributed by atoms with E-state index in [-0.39, 0.29) is 19.1 Å². The number of furan rings is 1. The largest absolute Gasteiger partial charge is 0.464 e. The van der Waals surface area contributed by atoms with E-state index in [4.69, 9.17) is 13.7 Å². The topological polar surface area (TPSA) is 90.4 Å². The number of nitrogens with one attached hydrogen (secondary N) is 1. The van der Waals surface area contributed by atoms with Gasteiger partial charge in [0.15, 0.2) is 5.82 Å². The molecule has 0 spiro atoms. The zero-order valence-corrected chi connectivity index (χ0v) is 12.5. The predicted octanol–water partition coefficient (Wildman–Crippen LogP) is 2.41. The van der Waals surface area contributed by atoms with E-state index < -0.39 is 0 Å². The van der Waals surface area contributed by atoms with Crippen LogP contribution >= 0.6 is 0 Å². The van der Waals surface area contributed by atoms with Crippen LogP contribution in [0.2, 0.25) is 0 Å². The molecule has 0 aliphatic carbocycles. The van der Waals surface area contributed by atoms with Crippen LogP contribution in [0.15, 0.2) is 51.6 Å². The predicted molar refractivity (Wildman–Crippen MR) is 80.3 cm³/mol. The fourth-order valence-corrected chi connectivity index (χ4v) is 2.06. The van der Waals surface area contributed by atoms with Gasteiger partial charge in [0.2, 0.25) is 5.89 Å². The van der Waals surface area contributed by atoms with Crippen LogP contribution in [-0.2, 0) is 17.9 Å². The molecule has 1 aromatic carbocycles. The third-order valence-electron chi connectivity index (χ3n) is 3.11. The summed E-state index contributed by atoms with van der Waals surface area (Å²) in [7, 11) is 1.55. The number of benzene rings is 1. The Hall–Kier alpha value is -2.93. The molecule has 0 aliphatic heterocycles. The SMILES string of the molecule is COCc1noc(CNC(=O)c2cccc(-c3ccco3)c2)n1. The molecule has 0 aliphatic rings. The molecule has 0 unspecified atom stereocenters. The molecule has 0 radical (unpaired) electrons.